The van der Waals surface area contributed by atoms with Gasteiger partial charge in [-0.15, -0.1) is 0 Å². The van der Waals surface area contributed by atoms with Crippen molar-refractivity contribution in [3.63, 3.8) is 0 Å². The van der Waals surface area contributed by atoms with Gasteiger partial charge in [-0.05, 0) is 35.2 Å². The van der Waals surface area contributed by atoms with Gasteiger partial charge in [0.05, 0.1) is 0 Å². The number of nitrogens with two attached hydrogens (primary N) is 1. The van der Waals surface area contributed by atoms with Gasteiger partial charge in [0.15, 0.2) is 0 Å². The van der Waals surface area contributed by atoms with E-state index in [1.807, 2.05) is 28.7 Å². The Hall–Kier alpha value is -0.230. The zero-order chi connectivity index (χ0) is 8.27. The van der Waals surface area contributed by atoms with Crippen molar-refractivity contribution in [3.8, 4) is 0 Å². The third-order valence-electron chi connectivity index (χ3n) is 1.21. The Morgan fingerprint density at radius 3 is 2.82 bits per heavy atom. The van der Waals surface area contributed by atoms with Crippen LogP contribution in [0.15, 0.2) is 12.1 Å². The molecule has 60 valence electrons. The second kappa shape index (κ2) is 3.96. The summed E-state index contributed by atoms with van der Waals surface area (Å²) in [5, 5.41) is 0. The Balaban J connectivity index is 2.89. The minimum absolute atomic E-state index is 0.430. The fourth-order valence-electron chi connectivity index (χ4n) is 0.792. The molecule has 0 amide bonds. The Kier molecular flexibility index (Phi) is 3.19. The summed E-state index contributed by atoms with van der Waals surface area (Å²) in [6.45, 7) is 0.506. The number of hydrogen-bond donors (Lipinski definition) is 1. The molecule has 0 atom stereocenters. The van der Waals surface area contributed by atoms with Crippen molar-refractivity contribution in [2.24, 2.45) is 5.73 Å². The van der Waals surface area contributed by atoms with Gasteiger partial charge in [-0.3, -0.25) is 0 Å². The molecule has 0 fully saturated rings. The molecule has 4 heteroatoms. The second-order valence-corrected chi connectivity index (χ2v) is 3.38. The number of aromatic nitrogens is 1. The van der Waals surface area contributed by atoms with Gasteiger partial charge in [0.2, 0.25) is 5.95 Å². The summed E-state index contributed by atoms with van der Waals surface area (Å²) < 4.78 is 13.5. The molecule has 0 spiro atoms. The number of nitrogens with zero attached hydrogens (tertiary/aromatic N) is 1. The molecule has 0 aliphatic rings. The quantitative estimate of drug-likeness (QED) is 0.647. The highest BCUT2D eigenvalue weighted by molar-refractivity contribution is 14.1. The van der Waals surface area contributed by atoms with Crippen LogP contribution in [0.1, 0.15) is 5.69 Å². The maximum atomic E-state index is 12.6. The topological polar surface area (TPSA) is 38.9 Å². The SMILES string of the molecule is NCCc1cc(I)cc(F)n1. The van der Waals surface area contributed by atoms with Crippen molar-refractivity contribution < 1.29 is 4.39 Å². The van der Waals surface area contributed by atoms with Crippen molar-refractivity contribution in [2.75, 3.05) is 6.54 Å². The lowest BCUT2D eigenvalue weighted by Gasteiger charge is -1.98. The Morgan fingerprint density at radius 2 is 2.27 bits per heavy atom. The summed E-state index contributed by atoms with van der Waals surface area (Å²) >= 11 is 2.05. The van der Waals surface area contributed by atoms with Gasteiger partial charge in [0.25, 0.3) is 0 Å². The van der Waals surface area contributed by atoms with E-state index in [0.717, 1.165) is 9.26 Å². The van der Waals surface area contributed by atoms with E-state index in [-0.39, 0.29) is 0 Å². The molecule has 0 radical (unpaired) electrons. The molecule has 0 aliphatic heterocycles. The van der Waals surface area contributed by atoms with Crippen LogP contribution >= 0.6 is 22.6 Å². The highest BCUT2D eigenvalue weighted by atomic mass is 127. The summed E-state index contributed by atoms with van der Waals surface area (Å²) in [6, 6.07) is 3.22. The number of hydrogen-bond acceptors (Lipinski definition) is 2. The van der Waals surface area contributed by atoms with Crippen LogP contribution in [0.25, 0.3) is 0 Å². The van der Waals surface area contributed by atoms with Crippen molar-refractivity contribution >= 4 is 22.6 Å². The van der Waals surface area contributed by atoms with Crippen LogP contribution in [0.5, 0.6) is 0 Å². The summed E-state index contributed by atoms with van der Waals surface area (Å²) in [5.41, 5.74) is 6.02. The molecule has 2 nitrogen and oxygen atoms in total. The highest BCUT2D eigenvalue weighted by Gasteiger charge is 1.98. The summed E-state index contributed by atoms with van der Waals surface area (Å²) in [7, 11) is 0. The average molecular weight is 266 g/mol. The van der Waals surface area contributed by atoms with Crippen LogP contribution in [-0.2, 0) is 6.42 Å². The van der Waals surface area contributed by atoms with Crippen LogP contribution in [0.4, 0.5) is 4.39 Å². The molecular weight excluding hydrogens is 258 g/mol. The Morgan fingerprint density at radius 1 is 1.55 bits per heavy atom. The summed E-state index contributed by atoms with van der Waals surface area (Å²) in [5.74, 6) is -0.430. The Labute approximate surface area is 78.1 Å². The molecule has 1 heterocycles. The van der Waals surface area contributed by atoms with E-state index in [1.54, 1.807) is 0 Å². The van der Waals surface area contributed by atoms with Crippen molar-refractivity contribution in [2.45, 2.75) is 6.42 Å². The summed E-state index contributed by atoms with van der Waals surface area (Å²) in [6.07, 6.45) is 0.633. The number of rotatable bonds is 2. The molecule has 0 aliphatic carbocycles. The predicted octanol–water partition coefficient (Wildman–Crippen LogP) is 1.33. The lowest BCUT2D eigenvalue weighted by Crippen LogP contribution is -2.05. The molecule has 1 rings (SSSR count). The van der Waals surface area contributed by atoms with Crippen LogP contribution in [0.3, 0.4) is 0 Å². The largest absolute Gasteiger partial charge is 0.330 e. The third-order valence-corrected chi connectivity index (χ3v) is 1.84. The predicted molar refractivity (Wildman–Crippen MR) is 49.7 cm³/mol. The fourth-order valence-corrected chi connectivity index (χ4v) is 1.41. The lowest BCUT2D eigenvalue weighted by atomic mass is 10.3. The van der Waals surface area contributed by atoms with Gasteiger partial charge in [0, 0.05) is 21.8 Å². The smallest absolute Gasteiger partial charge is 0.214 e. The van der Waals surface area contributed by atoms with Crippen molar-refractivity contribution in [3.05, 3.63) is 27.3 Å². The molecule has 11 heavy (non-hydrogen) atoms. The van der Waals surface area contributed by atoms with E-state index < -0.39 is 5.95 Å². The van der Waals surface area contributed by atoms with E-state index >= 15 is 0 Å². The normalized spacial score (nSPS) is 10.1. The standard InChI is InChI=1S/C7H8FIN2/c8-7-4-5(9)3-6(11-7)1-2-10/h3-4H,1-2,10H2. The van der Waals surface area contributed by atoms with E-state index in [4.69, 9.17) is 5.73 Å². The van der Waals surface area contributed by atoms with Gasteiger partial charge in [-0.25, -0.2) is 4.98 Å². The maximum absolute atomic E-state index is 12.6. The van der Waals surface area contributed by atoms with E-state index in [2.05, 4.69) is 4.98 Å². The molecule has 0 unspecified atom stereocenters. The van der Waals surface area contributed by atoms with Gasteiger partial charge < -0.3 is 5.73 Å². The van der Waals surface area contributed by atoms with Crippen LogP contribution in [0, 0.1) is 9.52 Å². The molecule has 2 N–H and O–H groups in total. The molecule has 1 aromatic heterocycles. The first-order valence-corrected chi connectivity index (χ1v) is 4.32. The first-order valence-electron chi connectivity index (χ1n) is 3.24. The average Bonchev–Trinajstić information content (AvgIpc) is 1.85. The molecule has 0 saturated heterocycles. The third kappa shape index (κ3) is 2.70. The minimum Gasteiger partial charge on any atom is -0.330 e. The van der Waals surface area contributed by atoms with Crippen LogP contribution in [0.2, 0.25) is 0 Å². The first-order chi connectivity index (χ1) is 5.22. The minimum atomic E-state index is -0.430. The van der Waals surface area contributed by atoms with E-state index in [1.165, 1.54) is 6.07 Å². The first kappa shape index (κ1) is 8.86. The van der Waals surface area contributed by atoms with Gasteiger partial charge in [0.1, 0.15) is 0 Å². The number of halogens is 2. The lowest BCUT2D eigenvalue weighted by molar-refractivity contribution is 0.575. The Bertz CT molecular complexity index is 232. The van der Waals surface area contributed by atoms with Gasteiger partial charge >= 0.3 is 0 Å². The molecule has 0 aromatic carbocycles. The van der Waals surface area contributed by atoms with Gasteiger partial charge in [-0.1, -0.05) is 0 Å². The number of pyridine rings is 1. The molecule has 0 saturated carbocycles. The zero-order valence-electron chi connectivity index (χ0n) is 5.85. The monoisotopic (exact) mass is 266 g/mol. The molecule has 1 aromatic rings. The fraction of sp³-hybridized carbons (Fsp3) is 0.286. The van der Waals surface area contributed by atoms with Gasteiger partial charge in [-0.2, -0.15) is 4.39 Å². The summed E-state index contributed by atoms with van der Waals surface area (Å²) in [4.78, 5) is 3.67. The van der Waals surface area contributed by atoms with E-state index in [0.29, 0.717) is 13.0 Å². The highest BCUT2D eigenvalue weighted by Crippen LogP contribution is 2.07. The maximum Gasteiger partial charge on any atom is 0.214 e. The second-order valence-electron chi connectivity index (χ2n) is 2.14. The van der Waals surface area contributed by atoms with Crippen molar-refractivity contribution in [1.82, 2.24) is 4.98 Å². The van der Waals surface area contributed by atoms with Crippen LogP contribution in [-0.4, -0.2) is 11.5 Å². The van der Waals surface area contributed by atoms with Crippen molar-refractivity contribution in [1.29, 1.82) is 0 Å². The van der Waals surface area contributed by atoms with E-state index in [9.17, 15) is 4.39 Å². The zero-order valence-corrected chi connectivity index (χ0v) is 8.01. The van der Waals surface area contributed by atoms with Crippen LogP contribution < -0.4 is 5.73 Å². The molecular formula is C7H8FIN2. The molecule has 0 bridgehead atoms.